The Morgan fingerprint density at radius 2 is 0.870 bits per heavy atom. The van der Waals surface area contributed by atoms with E-state index >= 15 is 0 Å². The molecular weight excluding hydrogens is 845 g/mol. The van der Waals surface area contributed by atoms with Crippen LogP contribution in [0.4, 0.5) is 39.8 Å². The van der Waals surface area contributed by atoms with Gasteiger partial charge in [0.05, 0.1) is 40.4 Å². The molecule has 0 saturated carbocycles. The van der Waals surface area contributed by atoms with Crippen molar-refractivity contribution in [3.63, 3.8) is 0 Å². The van der Waals surface area contributed by atoms with Gasteiger partial charge in [0.2, 0.25) is 0 Å². The summed E-state index contributed by atoms with van der Waals surface area (Å²) in [7, 11) is 0. The first-order valence-electron chi connectivity index (χ1n) is 22.9. The Morgan fingerprint density at radius 1 is 0.435 bits per heavy atom. The Labute approximate surface area is 398 Å². The Balaban J connectivity index is 1.26. The quantitative estimate of drug-likeness (QED) is 0.142. The van der Waals surface area contributed by atoms with Crippen LogP contribution < -0.4 is 9.80 Å². The second-order valence-corrected chi connectivity index (χ2v) is 17.4. The van der Waals surface area contributed by atoms with Crippen LogP contribution in [-0.4, -0.2) is 0 Å². The van der Waals surface area contributed by atoms with E-state index in [0.29, 0.717) is 11.3 Å². The fourth-order valence-corrected chi connectivity index (χ4v) is 10.9. The summed E-state index contributed by atoms with van der Waals surface area (Å²) < 4.78 is 14.5. The molecule has 0 amide bonds. The van der Waals surface area contributed by atoms with Gasteiger partial charge in [-0.05, 0) is 107 Å². The molecule has 6 heteroatoms. The number of anilines is 6. The van der Waals surface area contributed by atoms with Crippen LogP contribution in [0.3, 0.4) is 0 Å². The molecule has 6 nitrogen and oxygen atoms in total. The smallest absolute Gasteiger partial charge is 0.187 e. The Kier molecular flexibility index (Phi) is 9.08. The van der Waals surface area contributed by atoms with Gasteiger partial charge in [0.15, 0.2) is 11.3 Å². The van der Waals surface area contributed by atoms with E-state index < -0.39 is 5.41 Å². The number of hydrogen-bond acceptors (Lipinski definition) is 5. The molecule has 322 valence electrons. The van der Waals surface area contributed by atoms with E-state index in [2.05, 4.69) is 178 Å². The number of fused-ring (bicyclic) bond motifs is 11. The number of nitriles is 1. The zero-order valence-corrected chi connectivity index (χ0v) is 37.0. The SMILES string of the molecule is [C-]#[N+]c1ccc(N(c2ccccc2)c2cc3c(c4oc5ccccc5c24)-c2c(cc(N(c4ccccc4)c4ccc(C#N)cc4)c4oc5ccccc5c24)C3(c2ccccc2)c2ccccc2)cc1. The molecule has 2 heterocycles. The van der Waals surface area contributed by atoms with Crippen molar-refractivity contribution < 1.29 is 8.83 Å². The van der Waals surface area contributed by atoms with Crippen LogP contribution in [0.1, 0.15) is 27.8 Å². The highest BCUT2D eigenvalue weighted by Crippen LogP contribution is 2.64. The summed E-state index contributed by atoms with van der Waals surface area (Å²) in [4.78, 5) is 8.31. The minimum atomic E-state index is -0.917. The van der Waals surface area contributed by atoms with Gasteiger partial charge in [0.1, 0.15) is 16.7 Å². The maximum atomic E-state index is 9.92. The van der Waals surface area contributed by atoms with Crippen LogP contribution in [0.15, 0.2) is 239 Å². The van der Waals surface area contributed by atoms with E-state index in [-0.39, 0.29) is 0 Å². The lowest BCUT2D eigenvalue weighted by molar-refractivity contribution is 0.668. The third-order valence-electron chi connectivity index (χ3n) is 13.7. The maximum Gasteiger partial charge on any atom is 0.187 e. The summed E-state index contributed by atoms with van der Waals surface area (Å²) in [6, 6.07) is 81.8. The molecule has 0 atom stereocenters. The fourth-order valence-electron chi connectivity index (χ4n) is 10.9. The number of furan rings is 2. The van der Waals surface area contributed by atoms with Crippen molar-refractivity contribution in [1.29, 1.82) is 5.26 Å². The van der Waals surface area contributed by atoms with Gasteiger partial charge in [-0.2, -0.15) is 5.26 Å². The van der Waals surface area contributed by atoms with Crippen molar-refractivity contribution >= 4 is 83.7 Å². The highest BCUT2D eigenvalue weighted by molar-refractivity contribution is 6.26. The van der Waals surface area contributed by atoms with Gasteiger partial charge in [-0.1, -0.05) is 146 Å². The van der Waals surface area contributed by atoms with Crippen LogP contribution in [0, 0.1) is 17.9 Å². The minimum absolute atomic E-state index is 0.569. The summed E-state index contributed by atoms with van der Waals surface area (Å²) in [5, 5.41) is 13.8. The summed E-state index contributed by atoms with van der Waals surface area (Å²) >= 11 is 0. The zero-order valence-electron chi connectivity index (χ0n) is 37.0. The lowest BCUT2D eigenvalue weighted by Gasteiger charge is -2.36. The summed E-state index contributed by atoms with van der Waals surface area (Å²) in [6.07, 6.45) is 0. The molecule has 2 aromatic heterocycles. The van der Waals surface area contributed by atoms with E-state index in [0.717, 1.165) is 111 Å². The average Bonchev–Trinajstić information content (AvgIpc) is 4.09. The number of hydrogen-bond donors (Lipinski definition) is 0. The van der Waals surface area contributed by atoms with Crippen LogP contribution >= 0.6 is 0 Å². The van der Waals surface area contributed by atoms with Crippen molar-refractivity contribution in [2.24, 2.45) is 0 Å². The highest BCUT2D eigenvalue weighted by Gasteiger charge is 2.50. The van der Waals surface area contributed by atoms with E-state index in [1.807, 2.05) is 72.8 Å². The molecule has 1 aliphatic rings. The van der Waals surface area contributed by atoms with Gasteiger partial charge in [-0.25, -0.2) is 4.85 Å². The largest absolute Gasteiger partial charge is 0.455 e. The molecule has 1 aliphatic carbocycles. The first-order valence-corrected chi connectivity index (χ1v) is 22.9. The molecule has 12 aromatic rings. The summed E-state index contributed by atoms with van der Waals surface area (Å²) in [5.41, 5.74) is 15.1. The van der Waals surface area contributed by atoms with Crippen molar-refractivity contribution in [3.05, 3.63) is 270 Å². The third kappa shape index (κ3) is 5.97. The van der Waals surface area contributed by atoms with Gasteiger partial charge in [0, 0.05) is 50.0 Å². The fraction of sp³-hybridized carbons (Fsp3) is 0.0159. The first-order chi connectivity index (χ1) is 34.1. The van der Waals surface area contributed by atoms with Gasteiger partial charge in [-0.15, -0.1) is 0 Å². The molecule has 0 fully saturated rings. The predicted molar refractivity (Wildman–Crippen MR) is 279 cm³/mol. The topological polar surface area (TPSA) is 60.9 Å². The molecule has 0 saturated heterocycles. The van der Waals surface area contributed by atoms with Crippen molar-refractivity contribution in [2.75, 3.05) is 9.80 Å². The molecule has 0 unspecified atom stereocenters. The number of para-hydroxylation sites is 4. The predicted octanol–water partition coefficient (Wildman–Crippen LogP) is 17.2. The Bertz CT molecular complexity index is 3980. The molecule has 13 rings (SSSR count). The van der Waals surface area contributed by atoms with Crippen molar-refractivity contribution in [3.8, 4) is 17.2 Å². The summed E-state index contributed by atoms with van der Waals surface area (Å²) in [5.74, 6) is 0. The van der Waals surface area contributed by atoms with Gasteiger partial charge < -0.3 is 18.6 Å². The van der Waals surface area contributed by atoms with E-state index in [4.69, 9.17) is 15.4 Å². The van der Waals surface area contributed by atoms with Crippen LogP contribution in [0.25, 0.3) is 59.8 Å². The van der Waals surface area contributed by atoms with Gasteiger partial charge in [-0.3, -0.25) is 0 Å². The number of benzene rings is 10. The lowest BCUT2D eigenvalue weighted by atomic mass is 9.67. The monoisotopic (exact) mass is 882 g/mol. The van der Waals surface area contributed by atoms with Crippen LogP contribution in [-0.2, 0) is 5.41 Å². The van der Waals surface area contributed by atoms with Crippen molar-refractivity contribution in [1.82, 2.24) is 0 Å². The normalized spacial score (nSPS) is 12.4. The average molecular weight is 883 g/mol. The van der Waals surface area contributed by atoms with Gasteiger partial charge >= 0.3 is 0 Å². The second-order valence-electron chi connectivity index (χ2n) is 17.4. The highest BCUT2D eigenvalue weighted by atomic mass is 16.3. The second kappa shape index (κ2) is 15.8. The molecule has 0 bridgehead atoms. The lowest BCUT2D eigenvalue weighted by Crippen LogP contribution is -2.29. The number of nitrogens with zero attached hydrogens (tertiary/aromatic N) is 4. The van der Waals surface area contributed by atoms with Crippen LogP contribution in [0.2, 0.25) is 0 Å². The van der Waals surface area contributed by atoms with E-state index in [1.165, 1.54) is 0 Å². The zero-order chi connectivity index (χ0) is 46.1. The van der Waals surface area contributed by atoms with E-state index in [9.17, 15) is 5.26 Å². The maximum absolute atomic E-state index is 9.92. The molecule has 69 heavy (non-hydrogen) atoms. The number of rotatable bonds is 8. The van der Waals surface area contributed by atoms with Crippen molar-refractivity contribution in [2.45, 2.75) is 5.41 Å². The third-order valence-corrected chi connectivity index (χ3v) is 13.7. The summed E-state index contributed by atoms with van der Waals surface area (Å²) in [6.45, 7) is 7.81. The van der Waals surface area contributed by atoms with Gasteiger partial charge in [0.25, 0.3) is 0 Å². The molecule has 0 radical (unpaired) electrons. The molecule has 0 aliphatic heterocycles. The molecular formula is C63H38N4O2. The standard InChI is InChI=1S/C63H38N4O2/c1-65-44-32-36-48(37-33-44)66(45-22-10-4-11-23-45)53-38-52-60(62-57(53)49-26-14-16-28-55(49)69-62)59-51(63(52,42-18-6-2-7-19-42)43-20-8-3-9-21-43)39-54(61-58(59)50-27-15-17-29-56(50)68-61)67(46-24-12-5-13-25-46)47-34-30-41(40-64)31-35-47/h2-39H. The van der Waals surface area contributed by atoms with E-state index in [1.54, 1.807) is 0 Å². The Morgan fingerprint density at radius 3 is 1.42 bits per heavy atom. The molecule has 0 spiro atoms. The molecule has 0 N–H and O–H groups in total. The minimum Gasteiger partial charge on any atom is -0.455 e. The van der Waals surface area contributed by atoms with Crippen LogP contribution in [0.5, 0.6) is 0 Å². The first kappa shape index (κ1) is 39.7. The molecule has 10 aromatic carbocycles. The Hall–Kier alpha value is -9.62.